The van der Waals surface area contributed by atoms with Crippen molar-refractivity contribution in [3.63, 3.8) is 0 Å². The normalized spacial score (nSPS) is 15.0. The zero-order valence-corrected chi connectivity index (χ0v) is 18.7. The second-order valence-corrected chi connectivity index (χ2v) is 8.36. The largest absolute Gasteiger partial charge is 0.326 e. The van der Waals surface area contributed by atoms with Gasteiger partial charge in [-0.25, -0.2) is 0 Å². The molecule has 8 nitrogen and oxygen atoms in total. The van der Waals surface area contributed by atoms with Gasteiger partial charge in [-0.05, 0) is 55.3 Å². The van der Waals surface area contributed by atoms with Crippen molar-refractivity contribution >= 4 is 58.2 Å². The Morgan fingerprint density at radius 2 is 1.88 bits per heavy atom. The van der Waals surface area contributed by atoms with Crippen LogP contribution >= 0.6 is 23.2 Å². The van der Waals surface area contributed by atoms with Gasteiger partial charge in [0.15, 0.2) is 0 Å². The number of carbonyl (C=O) groups excluding carboxylic acids is 2. The number of nitrogens with zero attached hydrogens (tertiary/aromatic N) is 1. The molecule has 0 bridgehead atoms. The molecule has 1 atom stereocenters. The number of aryl methyl sites for hydroxylation is 2. The number of aromatic nitrogens is 2. The maximum atomic E-state index is 13.0. The van der Waals surface area contributed by atoms with Crippen molar-refractivity contribution in [3.8, 4) is 0 Å². The molecule has 4 rings (SSSR count). The first kappa shape index (κ1) is 21.9. The number of hydrogen-bond acceptors (Lipinski definition) is 5. The van der Waals surface area contributed by atoms with Crippen molar-refractivity contribution in [3.05, 3.63) is 73.5 Å². The van der Waals surface area contributed by atoms with Crippen LogP contribution in [-0.2, 0) is 9.59 Å². The minimum absolute atomic E-state index is 0.0258. The van der Waals surface area contributed by atoms with Crippen LogP contribution in [0, 0.1) is 13.8 Å². The van der Waals surface area contributed by atoms with Crippen LogP contribution in [0.25, 0.3) is 0 Å². The number of nitrogens with one attached hydrogen (secondary N) is 4. The lowest BCUT2D eigenvalue weighted by Gasteiger charge is -2.24. The Morgan fingerprint density at radius 3 is 2.59 bits per heavy atom. The molecular weight excluding hydrogens is 453 g/mol. The second kappa shape index (κ2) is 8.64. The number of aromatic amines is 1. The summed E-state index contributed by atoms with van der Waals surface area (Å²) in [5.74, 6) is -1.76. The van der Waals surface area contributed by atoms with E-state index < -0.39 is 23.3 Å². The van der Waals surface area contributed by atoms with Gasteiger partial charge in [-0.3, -0.25) is 19.4 Å². The lowest BCUT2D eigenvalue weighted by molar-refractivity contribution is -0.123. The van der Waals surface area contributed by atoms with E-state index in [0.717, 1.165) is 11.1 Å². The Balaban J connectivity index is 1.64. The van der Waals surface area contributed by atoms with E-state index in [-0.39, 0.29) is 23.8 Å². The smallest absolute Gasteiger partial charge is 0.258 e. The third-order valence-corrected chi connectivity index (χ3v) is 5.77. The quantitative estimate of drug-likeness (QED) is 0.446. The highest BCUT2D eigenvalue weighted by molar-refractivity contribution is 6.36. The maximum absolute atomic E-state index is 13.0. The van der Waals surface area contributed by atoms with Crippen molar-refractivity contribution < 1.29 is 9.59 Å². The molecule has 1 aromatic heterocycles. The molecule has 32 heavy (non-hydrogen) atoms. The third-order valence-electron chi connectivity index (χ3n) is 5.23. The molecule has 164 valence electrons. The Kier molecular flexibility index (Phi) is 5.90. The average molecular weight is 472 g/mol. The van der Waals surface area contributed by atoms with Gasteiger partial charge in [0.25, 0.3) is 5.56 Å². The summed E-state index contributed by atoms with van der Waals surface area (Å²) in [7, 11) is 0. The van der Waals surface area contributed by atoms with Crippen molar-refractivity contribution in [1.82, 2.24) is 9.97 Å². The highest BCUT2D eigenvalue weighted by Gasteiger charge is 2.34. The fourth-order valence-electron chi connectivity index (χ4n) is 3.42. The maximum Gasteiger partial charge on any atom is 0.258 e. The van der Waals surface area contributed by atoms with E-state index in [9.17, 15) is 14.4 Å². The number of halogens is 2. The van der Waals surface area contributed by atoms with Gasteiger partial charge in [0.1, 0.15) is 5.82 Å². The zero-order chi connectivity index (χ0) is 23.0. The van der Waals surface area contributed by atoms with Crippen LogP contribution in [0.3, 0.4) is 0 Å². The molecular formula is C22H19Cl2N5O3. The molecule has 3 aromatic rings. The van der Waals surface area contributed by atoms with Crippen LogP contribution in [0.1, 0.15) is 29.0 Å². The van der Waals surface area contributed by atoms with Gasteiger partial charge < -0.3 is 16.0 Å². The molecule has 0 spiro atoms. The van der Waals surface area contributed by atoms with Gasteiger partial charge in [0.2, 0.25) is 17.8 Å². The van der Waals surface area contributed by atoms with E-state index in [1.807, 2.05) is 26.0 Å². The van der Waals surface area contributed by atoms with Crippen LogP contribution in [0.15, 0.2) is 41.2 Å². The summed E-state index contributed by atoms with van der Waals surface area (Å²) in [6.07, 6.45) is -0.162. The number of carbonyl (C=O) groups is 2. The summed E-state index contributed by atoms with van der Waals surface area (Å²) in [5.41, 5.74) is 2.71. The molecule has 2 heterocycles. The Labute approximate surface area is 193 Å². The first-order valence-electron chi connectivity index (χ1n) is 9.75. The molecule has 2 amide bonds. The number of amides is 2. The van der Waals surface area contributed by atoms with Crippen LogP contribution in [0.4, 0.5) is 23.1 Å². The zero-order valence-electron chi connectivity index (χ0n) is 17.2. The van der Waals surface area contributed by atoms with Crippen molar-refractivity contribution in [1.29, 1.82) is 0 Å². The SMILES string of the molecule is Cc1ccc(NC(=O)C2CC(=O)Nc3nc(Nc4ccc(Cl)cc4Cl)[nH]c(=O)c32)cc1C. The van der Waals surface area contributed by atoms with Crippen LogP contribution < -0.4 is 21.5 Å². The Hall–Kier alpha value is -3.36. The van der Waals surface area contributed by atoms with Crippen LogP contribution in [0.5, 0.6) is 0 Å². The van der Waals surface area contributed by atoms with Gasteiger partial charge in [0.05, 0.1) is 22.2 Å². The molecule has 1 aliphatic rings. The number of H-pyrrole nitrogens is 1. The second-order valence-electron chi connectivity index (χ2n) is 7.52. The average Bonchev–Trinajstić information content (AvgIpc) is 2.72. The highest BCUT2D eigenvalue weighted by atomic mass is 35.5. The summed E-state index contributed by atoms with van der Waals surface area (Å²) in [6, 6.07) is 10.3. The highest BCUT2D eigenvalue weighted by Crippen LogP contribution is 2.31. The van der Waals surface area contributed by atoms with Gasteiger partial charge in [-0.1, -0.05) is 29.3 Å². The van der Waals surface area contributed by atoms with E-state index in [1.165, 1.54) is 6.07 Å². The Morgan fingerprint density at radius 1 is 1.09 bits per heavy atom. The summed E-state index contributed by atoms with van der Waals surface area (Å²) in [4.78, 5) is 45.0. The molecule has 1 aliphatic heterocycles. The van der Waals surface area contributed by atoms with Gasteiger partial charge in [-0.2, -0.15) is 4.98 Å². The summed E-state index contributed by atoms with van der Waals surface area (Å²) >= 11 is 12.1. The predicted molar refractivity (Wildman–Crippen MR) is 125 cm³/mol. The summed E-state index contributed by atoms with van der Waals surface area (Å²) in [5, 5.41) is 9.04. The fourth-order valence-corrected chi connectivity index (χ4v) is 3.88. The summed E-state index contributed by atoms with van der Waals surface area (Å²) < 4.78 is 0. The molecule has 0 aliphatic carbocycles. The van der Waals surface area contributed by atoms with Crippen LogP contribution in [-0.4, -0.2) is 21.8 Å². The van der Waals surface area contributed by atoms with Gasteiger partial charge in [-0.15, -0.1) is 0 Å². The topological polar surface area (TPSA) is 116 Å². The van der Waals surface area contributed by atoms with Crippen molar-refractivity contribution in [2.45, 2.75) is 26.2 Å². The fraction of sp³-hybridized carbons (Fsp3) is 0.182. The van der Waals surface area contributed by atoms with Gasteiger partial charge >= 0.3 is 0 Å². The Bertz CT molecular complexity index is 1310. The molecule has 1 unspecified atom stereocenters. The third kappa shape index (κ3) is 4.46. The molecule has 2 aromatic carbocycles. The molecule has 4 N–H and O–H groups in total. The number of anilines is 4. The molecule has 10 heteroatoms. The lowest BCUT2D eigenvalue weighted by Crippen LogP contribution is -2.36. The van der Waals surface area contributed by atoms with E-state index in [1.54, 1.807) is 18.2 Å². The van der Waals surface area contributed by atoms with Crippen molar-refractivity contribution in [2.75, 3.05) is 16.0 Å². The first-order valence-corrected chi connectivity index (χ1v) is 10.5. The molecule has 0 fully saturated rings. The molecule has 0 saturated heterocycles. The van der Waals surface area contributed by atoms with Crippen molar-refractivity contribution in [2.24, 2.45) is 0 Å². The minimum Gasteiger partial charge on any atom is -0.326 e. The number of rotatable bonds is 4. The van der Waals surface area contributed by atoms with Gasteiger partial charge in [0, 0.05) is 17.1 Å². The minimum atomic E-state index is -0.982. The number of benzene rings is 2. The number of fused-ring (bicyclic) bond motifs is 1. The standard InChI is InChI=1S/C22H19Cl2N5O3/c1-10-3-5-13(7-11(10)2)25-20(31)14-9-17(30)27-19-18(14)21(32)29-22(28-19)26-16-6-4-12(23)8-15(16)24/h3-8,14H,9H2,1-2H3,(H,25,31)(H3,26,27,28,29,30,32). The summed E-state index contributed by atoms with van der Waals surface area (Å²) in [6.45, 7) is 3.90. The molecule has 0 radical (unpaired) electrons. The predicted octanol–water partition coefficient (Wildman–Crippen LogP) is 4.50. The first-order chi connectivity index (χ1) is 15.2. The van der Waals surface area contributed by atoms with E-state index in [4.69, 9.17) is 23.2 Å². The lowest BCUT2D eigenvalue weighted by atomic mass is 9.92. The molecule has 0 saturated carbocycles. The van der Waals surface area contributed by atoms with E-state index >= 15 is 0 Å². The van der Waals surface area contributed by atoms with E-state index in [2.05, 4.69) is 25.9 Å². The van der Waals surface area contributed by atoms with E-state index in [0.29, 0.717) is 21.4 Å². The van der Waals surface area contributed by atoms with Crippen LogP contribution in [0.2, 0.25) is 10.0 Å². The monoisotopic (exact) mass is 471 g/mol. The number of hydrogen-bond donors (Lipinski definition) is 4.